The SMILES string of the molecule is O=C(Nc1cccc(F)c1)c1ccc(Nc2ccnc(-c3cccc(F)c3)n2)cc1. The van der Waals surface area contributed by atoms with Gasteiger partial charge in [0.1, 0.15) is 17.5 Å². The summed E-state index contributed by atoms with van der Waals surface area (Å²) < 4.78 is 26.7. The smallest absolute Gasteiger partial charge is 0.255 e. The maximum absolute atomic E-state index is 13.4. The molecule has 2 N–H and O–H groups in total. The molecule has 7 heteroatoms. The van der Waals surface area contributed by atoms with Crippen molar-refractivity contribution in [3.8, 4) is 11.4 Å². The summed E-state index contributed by atoms with van der Waals surface area (Å²) in [5.74, 6) is -0.203. The average Bonchev–Trinajstić information content (AvgIpc) is 2.74. The molecule has 3 aromatic carbocycles. The zero-order chi connectivity index (χ0) is 20.9. The van der Waals surface area contributed by atoms with Crippen molar-refractivity contribution in [2.45, 2.75) is 0 Å². The molecule has 0 aliphatic rings. The van der Waals surface area contributed by atoms with E-state index in [4.69, 9.17) is 0 Å². The molecule has 0 fully saturated rings. The van der Waals surface area contributed by atoms with Gasteiger partial charge in [-0.15, -0.1) is 0 Å². The molecule has 4 rings (SSSR count). The Morgan fingerprint density at radius 1 is 0.800 bits per heavy atom. The highest BCUT2D eigenvalue weighted by atomic mass is 19.1. The Hall–Kier alpha value is -4.13. The summed E-state index contributed by atoms with van der Waals surface area (Å²) >= 11 is 0. The number of rotatable bonds is 5. The number of nitrogens with zero attached hydrogens (tertiary/aromatic N) is 2. The summed E-state index contributed by atoms with van der Waals surface area (Å²) in [6.07, 6.45) is 1.58. The summed E-state index contributed by atoms with van der Waals surface area (Å²) in [5.41, 5.74) is 2.09. The largest absolute Gasteiger partial charge is 0.340 e. The fraction of sp³-hybridized carbons (Fsp3) is 0. The van der Waals surface area contributed by atoms with Gasteiger partial charge in [0.2, 0.25) is 0 Å². The Labute approximate surface area is 171 Å². The number of hydrogen-bond donors (Lipinski definition) is 2. The van der Waals surface area contributed by atoms with E-state index in [1.54, 1.807) is 54.7 Å². The summed E-state index contributed by atoms with van der Waals surface area (Å²) in [7, 11) is 0. The Morgan fingerprint density at radius 3 is 2.27 bits per heavy atom. The molecule has 148 valence electrons. The Morgan fingerprint density at radius 2 is 1.53 bits per heavy atom. The van der Waals surface area contributed by atoms with Gasteiger partial charge >= 0.3 is 0 Å². The maximum atomic E-state index is 13.4. The van der Waals surface area contributed by atoms with Crippen molar-refractivity contribution in [1.29, 1.82) is 0 Å². The molecule has 0 radical (unpaired) electrons. The van der Waals surface area contributed by atoms with Gasteiger partial charge < -0.3 is 10.6 Å². The predicted molar refractivity (Wildman–Crippen MR) is 112 cm³/mol. The van der Waals surface area contributed by atoms with Crippen LogP contribution >= 0.6 is 0 Å². The summed E-state index contributed by atoms with van der Waals surface area (Å²) in [6.45, 7) is 0. The molecule has 0 saturated carbocycles. The fourth-order valence-electron chi connectivity index (χ4n) is 2.82. The van der Waals surface area contributed by atoms with Crippen LogP contribution in [0, 0.1) is 11.6 Å². The second kappa shape index (κ2) is 8.48. The van der Waals surface area contributed by atoms with Crippen LogP contribution in [0.4, 0.5) is 26.0 Å². The van der Waals surface area contributed by atoms with E-state index in [0.717, 1.165) is 0 Å². The molecule has 0 spiro atoms. The van der Waals surface area contributed by atoms with E-state index in [2.05, 4.69) is 20.6 Å². The van der Waals surface area contributed by atoms with E-state index in [9.17, 15) is 13.6 Å². The van der Waals surface area contributed by atoms with Crippen LogP contribution in [0.1, 0.15) is 10.4 Å². The van der Waals surface area contributed by atoms with Crippen LogP contribution in [0.5, 0.6) is 0 Å². The third-order valence-corrected chi connectivity index (χ3v) is 4.24. The number of amides is 1. The quantitative estimate of drug-likeness (QED) is 0.468. The average molecular weight is 402 g/mol. The van der Waals surface area contributed by atoms with Gasteiger partial charge in [0, 0.05) is 28.7 Å². The van der Waals surface area contributed by atoms with Crippen LogP contribution in [-0.4, -0.2) is 15.9 Å². The van der Waals surface area contributed by atoms with Gasteiger partial charge in [-0.25, -0.2) is 18.7 Å². The van der Waals surface area contributed by atoms with Crippen molar-refractivity contribution < 1.29 is 13.6 Å². The summed E-state index contributed by atoms with van der Waals surface area (Å²) in [4.78, 5) is 20.9. The van der Waals surface area contributed by atoms with Crippen molar-refractivity contribution in [3.05, 3.63) is 102 Å². The van der Waals surface area contributed by atoms with Crippen molar-refractivity contribution in [2.75, 3.05) is 10.6 Å². The minimum Gasteiger partial charge on any atom is -0.340 e. The first kappa shape index (κ1) is 19.2. The van der Waals surface area contributed by atoms with Gasteiger partial charge in [-0.2, -0.15) is 0 Å². The number of nitrogens with one attached hydrogen (secondary N) is 2. The van der Waals surface area contributed by atoms with Gasteiger partial charge in [-0.05, 0) is 60.7 Å². The third-order valence-electron chi connectivity index (χ3n) is 4.24. The molecule has 30 heavy (non-hydrogen) atoms. The molecule has 1 amide bonds. The minimum atomic E-state index is -0.421. The van der Waals surface area contributed by atoms with Crippen LogP contribution < -0.4 is 10.6 Å². The molecule has 0 unspecified atom stereocenters. The van der Waals surface area contributed by atoms with Crippen molar-refractivity contribution >= 4 is 23.1 Å². The normalized spacial score (nSPS) is 10.5. The van der Waals surface area contributed by atoms with E-state index in [-0.39, 0.29) is 11.7 Å². The van der Waals surface area contributed by atoms with E-state index in [0.29, 0.717) is 34.1 Å². The summed E-state index contributed by atoms with van der Waals surface area (Å²) in [6, 6.07) is 20.2. The number of carbonyl (C=O) groups excluding carboxylic acids is 1. The van der Waals surface area contributed by atoms with Crippen LogP contribution in [0.2, 0.25) is 0 Å². The molecule has 0 saturated heterocycles. The lowest BCUT2D eigenvalue weighted by Crippen LogP contribution is -2.11. The number of benzene rings is 3. The first-order chi connectivity index (χ1) is 14.6. The van der Waals surface area contributed by atoms with Crippen molar-refractivity contribution in [2.24, 2.45) is 0 Å². The first-order valence-electron chi connectivity index (χ1n) is 9.10. The molecule has 0 aliphatic heterocycles. The third kappa shape index (κ3) is 4.64. The Bertz CT molecular complexity index is 1200. The first-order valence-corrected chi connectivity index (χ1v) is 9.10. The Kier molecular flexibility index (Phi) is 5.43. The number of carbonyl (C=O) groups is 1. The highest BCUT2D eigenvalue weighted by Gasteiger charge is 2.08. The lowest BCUT2D eigenvalue weighted by Gasteiger charge is -2.09. The Balaban J connectivity index is 1.46. The highest BCUT2D eigenvalue weighted by Crippen LogP contribution is 2.20. The number of anilines is 3. The standard InChI is InChI=1S/C23H16F2N4O/c24-17-4-1-3-16(13-17)22-26-12-11-21(29-22)27-19-9-7-15(8-10-19)23(30)28-20-6-2-5-18(25)14-20/h1-14H,(H,28,30)(H,26,27,29). The zero-order valence-electron chi connectivity index (χ0n) is 15.6. The maximum Gasteiger partial charge on any atom is 0.255 e. The lowest BCUT2D eigenvalue weighted by atomic mass is 10.2. The molecular formula is C23H16F2N4O. The molecule has 5 nitrogen and oxygen atoms in total. The second-order valence-electron chi connectivity index (χ2n) is 6.44. The van der Waals surface area contributed by atoms with Crippen molar-refractivity contribution in [3.63, 3.8) is 0 Å². The number of hydrogen-bond acceptors (Lipinski definition) is 4. The van der Waals surface area contributed by atoms with Gasteiger partial charge in [-0.3, -0.25) is 4.79 Å². The van der Waals surface area contributed by atoms with Crippen LogP contribution in [0.25, 0.3) is 11.4 Å². The van der Waals surface area contributed by atoms with Gasteiger partial charge in [0.25, 0.3) is 5.91 Å². The molecule has 0 aliphatic carbocycles. The van der Waals surface area contributed by atoms with Crippen LogP contribution in [0.15, 0.2) is 85.1 Å². The van der Waals surface area contributed by atoms with E-state index in [1.165, 1.54) is 30.3 Å². The molecule has 4 aromatic rings. The molecule has 0 atom stereocenters. The van der Waals surface area contributed by atoms with E-state index in [1.807, 2.05) is 0 Å². The minimum absolute atomic E-state index is 0.345. The molecule has 1 aromatic heterocycles. The lowest BCUT2D eigenvalue weighted by molar-refractivity contribution is 0.102. The fourth-order valence-corrected chi connectivity index (χ4v) is 2.82. The topological polar surface area (TPSA) is 66.9 Å². The van der Waals surface area contributed by atoms with Crippen LogP contribution in [-0.2, 0) is 0 Å². The van der Waals surface area contributed by atoms with Gasteiger partial charge in [0.15, 0.2) is 5.82 Å². The monoisotopic (exact) mass is 402 g/mol. The zero-order valence-corrected chi connectivity index (χ0v) is 15.6. The predicted octanol–water partition coefficient (Wildman–Crippen LogP) is 5.42. The second-order valence-corrected chi connectivity index (χ2v) is 6.44. The van der Waals surface area contributed by atoms with E-state index < -0.39 is 5.82 Å². The van der Waals surface area contributed by atoms with Gasteiger partial charge in [0.05, 0.1) is 0 Å². The van der Waals surface area contributed by atoms with Crippen molar-refractivity contribution in [1.82, 2.24) is 9.97 Å². The van der Waals surface area contributed by atoms with Crippen LogP contribution in [0.3, 0.4) is 0 Å². The summed E-state index contributed by atoms with van der Waals surface area (Å²) in [5, 5.41) is 5.77. The molecule has 1 heterocycles. The van der Waals surface area contributed by atoms with E-state index >= 15 is 0 Å². The highest BCUT2D eigenvalue weighted by molar-refractivity contribution is 6.04. The molecular weight excluding hydrogens is 386 g/mol. The molecule has 0 bridgehead atoms. The van der Waals surface area contributed by atoms with Gasteiger partial charge in [-0.1, -0.05) is 18.2 Å². The number of halogens is 2. The number of aromatic nitrogens is 2.